The summed E-state index contributed by atoms with van der Waals surface area (Å²) in [7, 11) is 0. The van der Waals surface area contributed by atoms with Crippen LogP contribution in [0.15, 0.2) is 42.5 Å². The third-order valence-corrected chi connectivity index (χ3v) is 3.41. The second kappa shape index (κ2) is 6.68. The molecule has 0 aromatic heterocycles. The number of rotatable bonds is 5. The first-order chi connectivity index (χ1) is 9.97. The standard InChI is InChI=1S/C17H19F2NO/c1-11(2)12-3-5-13(6-4-12)17(21)10-20-14-7-8-15(18)16(19)9-14/h3-9,11,17,20-21H,10H2,1-2H3. The van der Waals surface area contributed by atoms with Crippen LogP contribution in [0, 0.1) is 11.6 Å². The van der Waals surface area contributed by atoms with Crippen molar-refractivity contribution < 1.29 is 13.9 Å². The smallest absolute Gasteiger partial charge is 0.160 e. The van der Waals surface area contributed by atoms with Crippen LogP contribution in [0.2, 0.25) is 0 Å². The molecule has 1 atom stereocenters. The van der Waals surface area contributed by atoms with E-state index in [0.29, 0.717) is 11.6 Å². The number of hydrogen-bond donors (Lipinski definition) is 2. The Morgan fingerprint density at radius 1 is 0.952 bits per heavy atom. The van der Waals surface area contributed by atoms with Crippen molar-refractivity contribution in [1.29, 1.82) is 0 Å². The molecule has 0 aliphatic heterocycles. The first-order valence-electron chi connectivity index (χ1n) is 6.94. The monoisotopic (exact) mass is 291 g/mol. The van der Waals surface area contributed by atoms with Crippen molar-refractivity contribution in [1.82, 2.24) is 0 Å². The van der Waals surface area contributed by atoms with Crippen LogP contribution in [-0.2, 0) is 0 Å². The van der Waals surface area contributed by atoms with E-state index in [0.717, 1.165) is 17.7 Å². The van der Waals surface area contributed by atoms with Crippen LogP contribution in [-0.4, -0.2) is 11.7 Å². The topological polar surface area (TPSA) is 32.3 Å². The fourth-order valence-corrected chi connectivity index (χ4v) is 2.04. The molecule has 2 aromatic rings. The normalized spacial score (nSPS) is 12.5. The molecule has 0 spiro atoms. The minimum absolute atomic E-state index is 0.228. The molecule has 0 bridgehead atoms. The molecule has 0 radical (unpaired) electrons. The molecule has 4 heteroatoms. The zero-order valence-electron chi connectivity index (χ0n) is 12.1. The molecule has 0 fully saturated rings. The van der Waals surface area contributed by atoms with E-state index >= 15 is 0 Å². The van der Waals surface area contributed by atoms with Gasteiger partial charge in [-0.25, -0.2) is 8.78 Å². The summed E-state index contributed by atoms with van der Waals surface area (Å²) in [6, 6.07) is 11.3. The Labute approximate surface area is 123 Å². The lowest BCUT2D eigenvalue weighted by Gasteiger charge is -2.14. The maximum Gasteiger partial charge on any atom is 0.160 e. The average molecular weight is 291 g/mol. The average Bonchev–Trinajstić information content (AvgIpc) is 2.48. The number of aliphatic hydroxyl groups excluding tert-OH is 1. The van der Waals surface area contributed by atoms with E-state index in [1.807, 2.05) is 24.3 Å². The van der Waals surface area contributed by atoms with Crippen LogP contribution < -0.4 is 5.32 Å². The van der Waals surface area contributed by atoms with Crippen molar-refractivity contribution in [2.75, 3.05) is 11.9 Å². The van der Waals surface area contributed by atoms with Gasteiger partial charge in [-0.1, -0.05) is 38.1 Å². The molecule has 1 unspecified atom stereocenters. The van der Waals surface area contributed by atoms with Crippen LogP contribution in [0.5, 0.6) is 0 Å². The van der Waals surface area contributed by atoms with Gasteiger partial charge in [0.1, 0.15) is 0 Å². The van der Waals surface area contributed by atoms with Crippen LogP contribution in [0.1, 0.15) is 37.0 Å². The molecule has 0 saturated heterocycles. The second-order valence-electron chi connectivity index (χ2n) is 5.35. The highest BCUT2D eigenvalue weighted by Crippen LogP contribution is 2.20. The van der Waals surface area contributed by atoms with Crippen molar-refractivity contribution in [3.8, 4) is 0 Å². The molecule has 2 N–H and O–H groups in total. The predicted octanol–water partition coefficient (Wildman–Crippen LogP) is 4.23. The Hall–Kier alpha value is -1.94. The quantitative estimate of drug-likeness (QED) is 0.864. The minimum Gasteiger partial charge on any atom is -0.387 e. The van der Waals surface area contributed by atoms with E-state index in [9.17, 15) is 13.9 Å². The molecular formula is C17H19F2NO. The third kappa shape index (κ3) is 4.02. The van der Waals surface area contributed by atoms with E-state index in [-0.39, 0.29) is 6.54 Å². The van der Waals surface area contributed by atoms with Gasteiger partial charge in [-0.15, -0.1) is 0 Å². The van der Waals surface area contributed by atoms with Crippen LogP contribution in [0.3, 0.4) is 0 Å². The number of anilines is 1. The lowest BCUT2D eigenvalue weighted by atomic mass is 10.00. The predicted molar refractivity (Wildman–Crippen MR) is 80.3 cm³/mol. The van der Waals surface area contributed by atoms with Gasteiger partial charge in [0.25, 0.3) is 0 Å². The van der Waals surface area contributed by atoms with Crippen LogP contribution in [0.4, 0.5) is 14.5 Å². The highest BCUT2D eigenvalue weighted by molar-refractivity contribution is 5.44. The highest BCUT2D eigenvalue weighted by atomic mass is 19.2. The van der Waals surface area contributed by atoms with Gasteiger partial charge in [-0.05, 0) is 29.2 Å². The number of benzene rings is 2. The molecular weight excluding hydrogens is 272 g/mol. The lowest BCUT2D eigenvalue weighted by molar-refractivity contribution is 0.191. The van der Waals surface area contributed by atoms with Gasteiger partial charge in [-0.3, -0.25) is 0 Å². The van der Waals surface area contributed by atoms with E-state index in [1.54, 1.807) is 0 Å². The summed E-state index contributed by atoms with van der Waals surface area (Å²) in [6.07, 6.45) is -0.709. The first kappa shape index (κ1) is 15.4. The second-order valence-corrected chi connectivity index (χ2v) is 5.35. The van der Waals surface area contributed by atoms with Gasteiger partial charge in [0.05, 0.1) is 6.10 Å². The molecule has 2 aromatic carbocycles. The van der Waals surface area contributed by atoms with Gasteiger partial charge < -0.3 is 10.4 Å². The number of halogens is 2. The van der Waals surface area contributed by atoms with Gasteiger partial charge in [0.2, 0.25) is 0 Å². The summed E-state index contributed by atoms with van der Waals surface area (Å²) < 4.78 is 25.9. The number of aliphatic hydroxyl groups is 1. The van der Waals surface area contributed by atoms with Gasteiger partial charge in [-0.2, -0.15) is 0 Å². The molecule has 2 rings (SSSR count). The van der Waals surface area contributed by atoms with Gasteiger partial charge >= 0.3 is 0 Å². The van der Waals surface area contributed by atoms with E-state index in [2.05, 4.69) is 19.2 Å². The zero-order chi connectivity index (χ0) is 15.4. The largest absolute Gasteiger partial charge is 0.387 e. The van der Waals surface area contributed by atoms with Crippen molar-refractivity contribution >= 4 is 5.69 Å². The lowest BCUT2D eigenvalue weighted by Crippen LogP contribution is -2.12. The van der Waals surface area contributed by atoms with E-state index in [1.165, 1.54) is 11.6 Å². The van der Waals surface area contributed by atoms with Crippen LogP contribution >= 0.6 is 0 Å². The molecule has 2 nitrogen and oxygen atoms in total. The Bertz CT molecular complexity index is 596. The first-order valence-corrected chi connectivity index (χ1v) is 6.94. The SMILES string of the molecule is CC(C)c1ccc(C(O)CNc2ccc(F)c(F)c2)cc1. The van der Waals surface area contributed by atoms with Crippen LogP contribution in [0.25, 0.3) is 0 Å². The van der Waals surface area contributed by atoms with Crippen molar-refractivity contribution in [3.05, 3.63) is 65.2 Å². The number of hydrogen-bond acceptors (Lipinski definition) is 2. The molecule has 21 heavy (non-hydrogen) atoms. The maximum absolute atomic E-state index is 13.1. The molecule has 0 aliphatic carbocycles. The van der Waals surface area contributed by atoms with Crippen molar-refractivity contribution in [2.45, 2.75) is 25.9 Å². The third-order valence-electron chi connectivity index (χ3n) is 3.41. The number of nitrogens with one attached hydrogen (secondary N) is 1. The maximum atomic E-state index is 13.1. The Morgan fingerprint density at radius 3 is 2.14 bits per heavy atom. The molecule has 112 valence electrons. The highest BCUT2D eigenvalue weighted by Gasteiger charge is 2.09. The summed E-state index contributed by atoms with van der Waals surface area (Å²) in [6.45, 7) is 4.44. The van der Waals surface area contributed by atoms with Gasteiger partial charge in [0, 0.05) is 18.3 Å². The molecule has 0 aliphatic rings. The Kier molecular flexibility index (Phi) is 4.91. The fraction of sp³-hybridized carbons (Fsp3) is 0.294. The summed E-state index contributed by atoms with van der Waals surface area (Å²) in [5, 5.41) is 13.0. The van der Waals surface area contributed by atoms with Gasteiger partial charge in [0.15, 0.2) is 11.6 Å². The summed E-state index contributed by atoms with van der Waals surface area (Å²) in [5.41, 5.74) is 2.43. The van der Waals surface area contributed by atoms with Crippen molar-refractivity contribution in [2.24, 2.45) is 0 Å². The van der Waals surface area contributed by atoms with E-state index in [4.69, 9.17) is 0 Å². The Balaban J connectivity index is 1.97. The zero-order valence-corrected chi connectivity index (χ0v) is 12.1. The molecule has 0 amide bonds. The minimum atomic E-state index is -0.907. The van der Waals surface area contributed by atoms with Crippen molar-refractivity contribution in [3.63, 3.8) is 0 Å². The fourth-order valence-electron chi connectivity index (χ4n) is 2.04. The van der Waals surface area contributed by atoms with E-state index < -0.39 is 17.7 Å². The summed E-state index contributed by atoms with van der Waals surface area (Å²) in [4.78, 5) is 0. The molecule has 0 heterocycles. The molecule has 0 saturated carbocycles. The summed E-state index contributed by atoms with van der Waals surface area (Å²) in [5.74, 6) is -1.35. The summed E-state index contributed by atoms with van der Waals surface area (Å²) >= 11 is 0. The Morgan fingerprint density at radius 2 is 1.57 bits per heavy atom.